The van der Waals surface area contributed by atoms with Crippen LogP contribution in [-0.2, 0) is 4.79 Å². The molecule has 2 rings (SSSR count). The highest BCUT2D eigenvalue weighted by molar-refractivity contribution is 6.03. The number of hydrogen-bond acceptors (Lipinski definition) is 4. The minimum absolute atomic E-state index is 0.0194. The van der Waals surface area contributed by atoms with Crippen molar-refractivity contribution in [2.45, 2.75) is 19.4 Å². The van der Waals surface area contributed by atoms with Gasteiger partial charge in [0.15, 0.2) is 0 Å². The number of carbonyl (C=O) groups is 1. The van der Waals surface area contributed by atoms with Gasteiger partial charge in [-0.3, -0.25) is 4.79 Å². The Hall–Kier alpha value is -2.06. The molecule has 1 aliphatic heterocycles. The van der Waals surface area contributed by atoms with Crippen LogP contribution in [-0.4, -0.2) is 31.6 Å². The van der Waals surface area contributed by atoms with Gasteiger partial charge >= 0.3 is 0 Å². The Morgan fingerprint density at radius 3 is 2.89 bits per heavy atom. The van der Waals surface area contributed by atoms with Gasteiger partial charge < -0.3 is 15.5 Å². The summed E-state index contributed by atoms with van der Waals surface area (Å²) >= 11 is 0. The first-order valence-corrected chi connectivity index (χ1v) is 6.24. The average Bonchev–Trinajstić information content (AvgIpc) is 2.41. The molecule has 0 aromatic heterocycles. The van der Waals surface area contributed by atoms with Crippen molar-refractivity contribution in [3.8, 4) is 6.07 Å². The summed E-state index contributed by atoms with van der Waals surface area (Å²) in [4.78, 5) is 13.8. The third kappa shape index (κ3) is 2.69. The number of anilines is 2. The number of nitrogens with one attached hydrogen (secondary N) is 2. The van der Waals surface area contributed by atoms with Crippen LogP contribution in [0.4, 0.5) is 11.4 Å². The molecule has 0 atom stereocenters. The molecule has 0 aliphatic carbocycles. The Morgan fingerprint density at radius 2 is 2.26 bits per heavy atom. The second-order valence-electron chi connectivity index (χ2n) is 5.31. The third-order valence-electron chi connectivity index (χ3n) is 3.38. The minimum atomic E-state index is -0.188. The Kier molecular flexibility index (Phi) is 3.45. The second-order valence-corrected chi connectivity index (χ2v) is 5.31. The molecular formula is C14H18N4O. The third-order valence-corrected chi connectivity index (χ3v) is 3.38. The van der Waals surface area contributed by atoms with Crippen LogP contribution in [0.15, 0.2) is 18.2 Å². The molecular weight excluding hydrogens is 240 g/mol. The van der Waals surface area contributed by atoms with Gasteiger partial charge in [0.05, 0.1) is 29.6 Å². The van der Waals surface area contributed by atoms with Crippen molar-refractivity contribution >= 4 is 17.3 Å². The van der Waals surface area contributed by atoms with Crippen LogP contribution in [0.25, 0.3) is 0 Å². The van der Waals surface area contributed by atoms with E-state index < -0.39 is 0 Å². The lowest BCUT2D eigenvalue weighted by Gasteiger charge is -2.36. The highest BCUT2D eigenvalue weighted by atomic mass is 16.2. The summed E-state index contributed by atoms with van der Waals surface area (Å²) in [6.07, 6.45) is 0. The lowest BCUT2D eigenvalue weighted by atomic mass is 10.0. The first kappa shape index (κ1) is 13.4. The number of rotatable bonds is 3. The average molecular weight is 258 g/mol. The molecule has 1 aromatic carbocycles. The number of carbonyl (C=O) groups excluding carboxylic acids is 1. The number of benzene rings is 1. The summed E-state index contributed by atoms with van der Waals surface area (Å²) in [6, 6.07) is 7.46. The molecule has 0 saturated carbocycles. The van der Waals surface area contributed by atoms with Crippen molar-refractivity contribution in [1.29, 1.82) is 5.26 Å². The van der Waals surface area contributed by atoms with Gasteiger partial charge in [-0.15, -0.1) is 0 Å². The molecule has 5 heteroatoms. The maximum absolute atomic E-state index is 12.1. The van der Waals surface area contributed by atoms with Crippen LogP contribution in [0, 0.1) is 11.3 Å². The van der Waals surface area contributed by atoms with Crippen LogP contribution in [0.2, 0.25) is 0 Å². The molecule has 0 bridgehead atoms. The standard InChI is InChI=1S/C14H18N4O/c1-14(2,16-3)9-18-12-6-10(7-15)4-5-11(12)17-8-13(18)19/h4-6,16-17H,8-9H2,1-3H3. The molecule has 19 heavy (non-hydrogen) atoms. The number of fused-ring (bicyclic) bond motifs is 1. The topological polar surface area (TPSA) is 68.2 Å². The fourth-order valence-electron chi connectivity index (χ4n) is 2.02. The van der Waals surface area contributed by atoms with Crippen molar-refractivity contribution < 1.29 is 4.79 Å². The van der Waals surface area contributed by atoms with E-state index in [1.54, 1.807) is 17.0 Å². The molecule has 0 saturated heterocycles. The molecule has 2 N–H and O–H groups in total. The van der Waals surface area contributed by atoms with E-state index in [1.165, 1.54) is 0 Å². The van der Waals surface area contributed by atoms with Crippen molar-refractivity contribution in [1.82, 2.24) is 5.32 Å². The molecule has 0 unspecified atom stereocenters. The maximum Gasteiger partial charge on any atom is 0.246 e. The number of hydrogen-bond donors (Lipinski definition) is 2. The van der Waals surface area contributed by atoms with Crippen LogP contribution in [0.5, 0.6) is 0 Å². The smallest absolute Gasteiger partial charge is 0.246 e. The monoisotopic (exact) mass is 258 g/mol. The summed E-state index contributed by atoms with van der Waals surface area (Å²) in [5.74, 6) is 0.0194. The minimum Gasteiger partial charge on any atom is -0.374 e. The van der Waals surface area contributed by atoms with Gasteiger partial charge in [-0.25, -0.2) is 0 Å². The predicted octanol–water partition coefficient (Wildman–Crippen LogP) is 1.31. The van der Waals surface area contributed by atoms with Crippen molar-refractivity contribution in [2.24, 2.45) is 0 Å². The number of amides is 1. The second kappa shape index (κ2) is 4.90. The van der Waals surface area contributed by atoms with Gasteiger partial charge in [-0.05, 0) is 39.1 Å². The van der Waals surface area contributed by atoms with E-state index >= 15 is 0 Å². The lowest BCUT2D eigenvalue weighted by molar-refractivity contribution is -0.117. The molecule has 100 valence electrons. The first-order valence-electron chi connectivity index (χ1n) is 6.24. The summed E-state index contributed by atoms with van der Waals surface area (Å²) in [7, 11) is 1.87. The quantitative estimate of drug-likeness (QED) is 0.858. The van der Waals surface area contributed by atoms with Gasteiger partial charge in [-0.2, -0.15) is 5.26 Å². The van der Waals surface area contributed by atoms with Crippen LogP contribution >= 0.6 is 0 Å². The molecule has 0 radical (unpaired) electrons. The van der Waals surface area contributed by atoms with Gasteiger partial charge in [0.25, 0.3) is 0 Å². The summed E-state index contributed by atoms with van der Waals surface area (Å²) < 4.78 is 0. The van der Waals surface area contributed by atoms with Crippen molar-refractivity contribution in [3.63, 3.8) is 0 Å². The zero-order chi connectivity index (χ0) is 14.0. The molecule has 0 spiro atoms. The lowest BCUT2D eigenvalue weighted by Crippen LogP contribution is -2.52. The Balaban J connectivity index is 2.40. The van der Waals surface area contributed by atoms with E-state index in [0.29, 0.717) is 18.7 Å². The molecule has 1 aliphatic rings. The largest absolute Gasteiger partial charge is 0.374 e. The van der Waals surface area contributed by atoms with E-state index in [2.05, 4.69) is 16.7 Å². The van der Waals surface area contributed by atoms with E-state index in [-0.39, 0.29) is 11.4 Å². The summed E-state index contributed by atoms with van der Waals surface area (Å²) in [5, 5.41) is 15.2. The highest BCUT2D eigenvalue weighted by Gasteiger charge is 2.29. The predicted molar refractivity (Wildman–Crippen MR) is 75.1 cm³/mol. The fourth-order valence-corrected chi connectivity index (χ4v) is 2.02. The van der Waals surface area contributed by atoms with Crippen molar-refractivity contribution in [3.05, 3.63) is 23.8 Å². The number of likely N-dealkylation sites (N-methyl/N-ethyl adjacent to an activating group) is 1. The molecule has 1 amide bonds. The van der Waals surface area contributed by atoms with E-state index in [4.69, 9.17) is 5.26 Å². The van der Waals surface area contributed by atoms with Crippen LogP contribution in [0.1, 0.15) is 19.4 Å². The summed E-state index contributed by atoms with van der Waals surface area (Å²) in [5.41, 5.74) is 2.04. The normalized spacial score (nSPS) is 14.6. The molecule has 1 heterocycles. The molecule has 0 fully saturated rings. The molecule has 5 nitrogen and oxygen atoms in total. The zero-order valence-corrected chi connectivity index (χ0v) is 11.4. The van der Waals surface area contributed by atoms with Gasteiger partial charge in [-0.1, -0.05) is 0 Å². The maximum atomic E-state index is 12.1. The molecule has 1 aromatic rings. The first-order chi connectivity index (χ1) is 8.96. The summed E-state index contributed by atoms with van der Waals surface area (Å²) in [6.45, 7) is 4.93. The van der Waals surface area contributed by atoms with E-state index in [9.17, 15) is 4.79 Å². The van der Waals surface area contributed by atoms with Gasteiger partial charge in [0.1, 0.15) is 0 Å². The Labute approximate surface area is 113 Å². The van der Waals surface area contributed by atoms with Crippen LogP contribution in [0.3, 0.4) is 0 Å². The van der Waals surface area contributed by atoms with E-state index in [1.807, 2.05) is 27.0 Å². The SMILES string of the molecule is CNC(C)(C)CN1C(=O)CNc2ccc(C#N)cc21. The van der Waals surface area contributed by atoms with Crippen molar-refractivity contribution in [2.75, 3.05) is 30.4 Å². The number of nitriles is 1. The Bertz CT molecular complexity index is 545. The van der Waals surface area contributed by atoms with Gasteiger partial charge in [0.2, 0.25) is 5.91 Å². The Morgan fingerprint density at radius 1 is 1.53 bits per heavy atom. The van der Waals surface area contributed by atoms with E-state index in [0.717, 1.165) is 11.4 Å². The fraction of sp³-hybridized carbons (Fsp3) is 0.429. The number of nitrogens with zero attached hydrogens (tertiary/aromatic N) is 2. The van der Waals surface area contributed by atoms with Gasteiger partial charge in [0, 0.05) is 12.1 Å². The zero-order valence-electron chi connectivity index (χ0n) is 11.4. The van der Waals surface area contributed by atoms with Crippen LogP contribution < -0.4 is 15.5 Å². The highest BCUT2D eigenvalue weighted by Crippen LogP contribution is 2.31.